The molecule has 1 aliphatic heterocycles. The average Bonchev–Trinajstić information content (AvgIpc) is 2.80. The van der Waals surface area contributed by atoms with Gasteiger partial charge in [-0.25, -0.2) is 0 Å². The van der Waals surface area contributed by atoms with Crippen LogP contribution in [0.25, 0.3) is 0 Å². The molecule has 9 heteroatoms. The molecule has 0 atom stereocenters. The van der Waals surface area contributed by atoms with E-state index in [0.717, 1.165) is 0 Å². The molecule has 2 aromatic carbocycles. The van der Waals surface area contributed by atoms with E-state index in [1.165, 1.54) is 4.90 Å². The van der Waals surface area contributed by atoms with Crippen molar-refractivity contribution in [3.05, 3.63) is 59.2 Å². The Bertz CT molecular complexity index is 955. The Labute approximate surface area is 160 Å². The van der Waals surface area contributed by atoms with E-state index >= 15 is 0 Å². The Balaban J connectivity index is 1.78. The highest BCUT2D eigenvalue weighted by molar-refractivity contribution is 6.05. The lowest BCUT2D eigenvalue weighted by atomic mass is 10.1. The molecule has 28 heavy (non-hydrogen) atoms. The van der Waals surface area contributed by atoms with E-state index in [1.54, 1.807) is 42.5 Å². The van der Waals surface area contributed by atoms with Crippen molar-refractivity contribution in [2.75, 3.05) is 23.7 Å². The monoisotopic (exact) mass is 381 g/mol. The summed E-state index contributed by atoms with van der Waals surface area (Å²) in [6, 6.07) is 11.5. The van der Waals surface area contributed by atoms with Crippen LogP contribution in [0.4, 0.5) is 11.4 Å². The van der Waals surface area contributed by atoms with Gasteiger partial charge in [-0.05, 0) is 48.0 Å². The zero-order chi connectivity index (χ0) is 20.3. The van der Waals surface area contributed by atoms with Gasteiger partial charge in [0.25, 0.3) is 5.91 Å². The van der Waals surface area contributed by atoms with Gasteiger partial charge in [-0.1, -0.05) is 0 Å². The lowest BCUT2D eigenvalue weighted by molar-refractivity contribution is -0.144. The Kier molecular flexibility index (Phi) is 5.25. The van der Waals surface area contributed by atoms with Crippen molar-refractivity contribution >= 4 is 35.0 Å². The van der Waals surface area contributed by atoms with Gasteiger partial charge in [0.1, 0.15) is 12.4 Å². The van der Waals surface area contributed by atoms with Gasteiger partial charge in [-0.15, -0.1) is 0 Å². The first-order chi connectivity index (χ1) is 13.3. The average molecular weight is 381 g/mol. The molecule has 0 aliphatic carbocycles. The van der Waals surface area contributed by atoms with E-state index in [9.17, 15) is 14.4 Å². The Morgan fingerprint density at radius 3 is 2.50 bits per heavy atom. The summed E-state index contributed by atoms with van der Waals surface area (Å²) in [6.07, 6.45) is 0. The normalized spacial score (nSPS) is 13.1. The third-order valence-corrected chi connectivity index (χ3v) is 4.29. The first-order valence-corrected chi connectivity index (χ1v) is 8.45. The van der Waals surface area contributed by atoms with Gasteiger partial charge in [0, 0.05) is 29.0 Å². The summed E-state index contributed by atoms with van der Waals surface area (Å²) in [4.78, 5) is 36.8. The van der Waals surface area contributed by atoms with E-state index in [0.29, 0.717) is 28.1 Å². The van der Waals surface area contributed by atoms with Gasteiger partial charge in [-0.2, -0.15) is 0 Å². The Hall–Kier alpha value is -3.88. The fraction of sp³-hybridized carbons (Fsp3) is 0.158. The smallest absolute Gasteiger partial charge is 0.323 e. The number of carboxylic acid groups (broad SMARTS) is 1. The molecule has 0 saturated carbocycles. The number of carbonyl (C=O) groups excluding carboxylic acids is 2. The third kappa shape index (κ3) is 4.26. The van der Waals surface area contributed by atoms with E-state index in [-0.39, 0.29) is 30.7 Å². The number of benzene rings is 2. The number of rotatable bonds is 5. The molecule has 0 aromatic heterocycles. The molecule has 0 radical (unpaired) electrons. The van der Waals surface area contributed by atoms with Gasteiger partial charge in [-0.3, -0.25) is 19.8 Å². The molecule has 0 unspecified atom stereocenters. The number of nitrogens with one attached hydrogen (secondary N) is 3. The van der Waals surface area contributed by atoms with Crippen LogP contribution >= 0.6 is 0 Å². The van der Waals surface area contributed by atoms with Crippen LogP contribution in [0, 0.1) is 5.41 Å². The van der Waals surface area contributed by atoms with Gasteiger partial charge in [0.2, 0.25) is 5.91 Å². The molecule has 2 aromatic rings. The molecule has 0 saturated heterocycles. The molecule has 0 spiro atoms. The Morgan fingerprint density at radius 2 is 1.86 bits per heavy atom. The molecule has 0 fully saturated rings. The first-order valence-electron chi connectivity index (χ1n) is 8.45. The number of amides is 2. The van der Waals surface area contributed by atoms with Crippen molar-refractivity contribution in [2.45, 2.75) is 6.54 Å². The number of fused-ring (bicyclic) bond motifs is 1. The molecule has 9 nitrogen and oxygen atoms in total. The number of carboxylic acids is 1. The fourth-order valence-corrected chi connectivity index (χ4v) is 2.86. The van der Waals surface area contributed by atoms with Crippen LogP contribution in [-0.4, -0.2) is 46.7 Å². The van der Waals surface area contributed by atoms with E-state index < -0.39 is 12.5 Å². The van der Waals surface area contributed by atoms with E-state index in [2.05, 4.69) is 10.6 Å². The van der Waals surface area contributed by atoms with Gasteiger partial charge < -0.3 is 26.4 Å². The summed E-state index contributed by atoms with van der Waals surface area (Å²) in [6.45, 7) is -0.310. The predicted molar refractivity (Wildman–Crippen MR) is 103 cm³/mol. The molecule has 3 rings (SSSR count). The minimum atomic E-state index is -1.10. The van der Waals surface area contributed by atoms with Crippen molar-refractivity contribution in [3.8, 4) is 0 Å². The van der Waals surface area contributed by atoms with Gasteiger partial charge in [0.05, 0.1) is 6.54 Å². The molecule has 0 bridgehead atoms. The highest BCUT2D eigenvalue weighted by Crippen LogP contribution is 2.23. The number of nitrogens with two attached hydrogens (primary N) is 1. The van der Waals surface area contributed by atoms with Crippen LogP contribution in [0.3, 0.4) is 0 Å². The van der Waals surface area contributed by atoms with Crippen molar-refractivity contribution < 1.29 is 19.5 Å². The number of aliphatic carboxylic acids is 1. The maximum absolute atomic E-state index is 12.6. The van der Waals surface area contributed by atoms with Crippen LogP contribution in [0.5, 0.6) is 0 Å². The van der Waals surface area contributed by atoms with Crippen LogP contribution in [-0.2, 0) is 16.1 Å². The minimum absolute atomic E-state index is 0.00563. The summed E-state index contributed by atoms with van der Waals surface area (Å²) in [5, 5.41) is 22.1. The third-order valence-electron chi connectivity index (χ3n) is 4.29. The standard InChI is InChI=1S/C19H19N5O4/c20-18(21)11-1-4-14(5-2-11)23-19(28)12-3-6-15-13(7-12)9-24(10-17(26)27)16(25)8-22-15/h1-7,22H,8-10H2,(H3,20,21)(H,23,28)(H,26,27). The fourth-order valence-electron chi connectivity index (χ4n) is 2.86. The first kappa shape index (κ1) is 18.9. The number of carbonyl (C=O) groups is 3. The van der Waals surface area contributed by atoms with Crippen molar-refractivity contribution in [1.82, 2.24) is 4.90 Å². The summed E-state index contributed by atoms with van der Waals surface area (Å²) in [5.74, 6) is -1.83. The predicted octanol–water partition coefficient (Wildman–Crippen LogP) is 1.06. The molecule has 1 aliphatic rings. The highest BCUT2D eigenvalue weighted by atomic mass is 16.4. The molecular weight excluding hydrogens is 362 g/mol. The second-order valence-corrected chi connectivity index (χ2v) is 6.31. The van der Waals surface area contributed by atoms with Gasteiger partial charge >= 0.3 is 5.97 Å². The molecule has 6 N–H and O–H groups in total. The molecule has 1 heterocycles. The summed E-state index contributed by atoms with van der Waals surface area (Å²) < 4.78 is 0. The van der Waals surface area contributed by atoms with Gasteiger partial charge in [0.15, 0.2) is 0 Å². The Morgan fingerprint density at radius 1 is 1.18 bits per heavy atom. The molecule has 144 valence electrons. The number of nitrogens with zero attached hydrogens (tertiary/aromatic N) is 1. The quantitative estimate of drug-likeness (QED) is 0.386. The van der Waals surface area contributed by atoms with E-state index in [1.807, 2.05) is 0 Å². The summed E-state index contributed by atoms with van der Waals surface area (Å²) >= 11 is 0. The number of hydrogen-bond acceptors (Lipinski definition) is 5. The SMILES string of the molecule is N=C(N)c1ccc(NC(=O)c2ccc3c(c2)CN(CC(=O)O)C(=O)CN3)cc1. The van der Waals surface area contributed by atoms with Crippen molar-refractivity contribution in [2.24, 2.45) is 5.73 Å². The largest absolute Gasteiger partial charge is 0.480 e. The van der Waals surface area contributed by atoms with Crippen LogP contribution in [0.2, 0.25) is 0 Å². The van der Waals surface area contributed by atoms with Crippen LogP contribution < -0.4 is 16.4 Å². The molecule has 2 amide bonds. The zero-order valence-corrected chi connectivity index (χ0v) is 14.9. The number of hydrogen-bond donors (Lipinski definition) is 5. The maximum Gasteiger partial charge on any atom is 0.323 e. The lowest BCUT2D eigenvalue weighted by Crippen LogP contribution is -2.36. The highest BCUT2D eigenvalue weighted by Gasteiger charge is 2.23. The second-order valence-electron chi connectivity index (χ2n) is 6.31. The van der Waals surface area contributed by atoms with Crippen molar-refractivity contribution in [3.63, 3.8) is 0 Å². The zero-order valence-electron chi connectivity index (χ0n) is 14.9. The summed E-state index contributed by atoms with van der Waals surface area (Å²) in [7, 11) is 0. The van der Waals surface area contributed by atoms with Crippen LogP contribution in [0.15, 0.2) is 42.5 Å². The number of amidine groups is 1. The van der Waals surface area contributed by atoms with E-state index in [4.69, 9.17) is 16.2 Å². The second kappa shape index (κ2) is 7.78. The molecular formula is C19H19N5O4. The minimum Gasteiger partial charge on any atom is -0.480 e. The summed E-state index contributed by atoms with van der Waals surface area (Å²) in [5.41, 5.74) is 8.23. The van der Waals surface area contributed by atoms with Crippen molar-refractivity contribution in [1.29, 1.82) is 5.41 Å². The number of nitrogen functional groups attached to an aromatic ring is 1. The van der Waals surface area contributed by atoms with Crippen LogP contribution in [0.1, 0.15) is 21.5 Å². The topological polar surface area (TPSA) is 149 Å². The lowest BCUT2D eigenvalue weighted by Gasteiger charge is -2.18. The maximum atomic E-state index is 12.6. The number of anilines is 2.